The molecule has 2 aliphatic carbocycles. The molecule has 2 saturated carbocycles. The van der Waals surface area contributed by atoms with Crippen molar-refractivity contribution >= 4 is 28.7 Å². The smallest absolute Gasteiger partial charge is 0.166 e. The Balaban J connectivity index is 1.44. The Kier molecular flexibility index (Phi) is 3.34. The van der Waals surface area contributed by atoms with Gasteiger partial charge >= 0.3 is 0 Å². The Morgan fingerprint density at radius 3 is 3.00 bits per heavy atom. The van der Waals surface area contributed by atoms with E-state index in [9.17, 15) is 0 Å². The standard InChI is InChI=1S/C13H18N2S2/c16-13(14-8-11-2-1-5-17-11)15-12-7-9-3-4-10(12)6-9/h1-2,5,9-10,12H,3-4,6-8H2,(H2,14,15,16)/t9-,10+,12+/m0/s1. The Morgan fingerprint density at radius 2 is 2.35 bits per heavy atom. The molecule has 0 aliphatic heterocycles. The van der Waals surface area contributed by atoms with E-state index in [1.165, 1.54) is 30.6 Å². The molecule has 0 spiro atoms. The molecular formula is C13H18N2S2. The number of nitrogens with one attached hydrogen (secondary N) is 2. The first kappa shape index (κ1) is 11.5. The summed E-state index contributed by atoms with van der Waals surface area (Å²) in [5, 5.41) is 9.73. The SMILES string of the molecule is S=C(NCc1cccs1)N[C@@H]1C[C@H]2CC[C@@H]1C2. The molecule has 0 unspecified atom stereocenters. The molecule has 2 fully saturated rings. The number of thiophene rings is 1. The molecule has 2 aliphatic rings. The van der Waals surface area contributed by atoms with Gasteiger partial charge in [-0.2, -0.15) is 0 Å². The zero-order valence-electron chi connectivity index (χ0n) is 9.82. The molecule has 2 bridgehead atoms. The topological polar surface area (TPSA) is 24.1 Å². The van der Waals surface area contributed by atoms with Crippen LogP contribution in [0.15, 0.2) is 17.5 Å². The lowest BCUT2D eigenvalue weighted by Gasteiger charge is -2.24. The van der Waals surface area contributed by atoms with Gasteiger partial charge in [0.05, 0.1) is 6.54 Å². The molecule has 0 saturated heterocycles. The second-order valence-corrected chi connectivity index (χ2v) is 6.63. The van der Waals surface area contributed by atoms with E-state index in [0.717, 1.165) is 23.5 Å². The molecule has 1 aromatic rings. The molecule has 1 heterocycles. The van der Waals surface area contributed by atoms with Crippen LogP contribution in [0, 0.1) is 11.8 Å². The van der Waals surface area contributed by atoms with Gasteiger partial charge in [-0.05, 0) is 54.8 Å². The summed E-state index contributed by atoms with van der Waals surface area (Å²) in [6.07, 6.45) is 5.59. The highest BCUT2D eigenvalue weighted by Crippen LogP contribution is 2.44. The van der Waals surface area contributed by atoms with Crippen LogP contribution in [0.25, 0.3) is 0 Å². The summed E-state index contributed by atoms with van der Waals surface area (Å²) in [5.41, 5.74) is 0. The van der Waals surface area contributed by atoms with Crippen molar-refractivity contribution in [1.82, 2.24) is 10.6 Å². The van der Waals surface area contributed by atoms with Crippen LogP contribution in [0.3, 0.4) is 0 Å². The van der Waals surface area contributed by atoms with Crippen molar-refractivity contribution in [3.05, 3.63) is 22.4 Å². The molecule has 2 nitrogen and oxygen atoms in total. The van der Waals surface area contributed by atoms with Crippen molar-refractivity contribution in [2.24, 2.45) is 11.8 Å². The number of hydrogen-bond donors (Lipinski definition) is 2. The van der Waals surface area contributed by atoms with Crippen LogP contribution in [0.2, 0.25) is 0 Å². The Hall–Kier alpha value is -0.610. The third kappa shape index (κ3) is 2.63. The average Bonchev–Trinajstić information content (AvgIpc) is 3.03. The minimum absolute atomic E-state index is 0.636. The molecule has 0 amide bonds. The molecule has 2 N–H and O–H groups in total. The molecule has 3 atom stereocenters. The summed E-state index contributed by atoms with van der Waals surface area (Å²) in [6.45, 7) is 0.852. The van der Waals surface area contributed by atoms with E-state index in [1.54, 1.807) is 11.3 Å². The first-order valence-electron chi connectivity index (χ1n) is 6.38. The van der Waals surface area contributed by atoms with Crippen LogP contribution in [-0.4, -0.2) is 11.2 Å². The van der Waals surface area contributed by atoms with Gasteiger partial charge in [0.1, 0.15) is 0 Å². The summed E-state index contributed by atoms with van der Waals surface area (Å²) >= 11 is 7.13. The van der Waals surface area contributed by atoms with E-state index in [-0.39, 0.29) is 0 Å². The predicted octanol–water partition coefficient (Wildman–Crippen LogP) is 2.90. The lowest BCUT2D eigenvalue weighted by atomic mass is 9.96. The van der Waals surface area contributed by atoms with Gasteiger partial charge in [-0.15, -0.1) is 11.3 Å². The maximum absolute atomic E-state index is 5.36. The van der Waals surface area contributed by atoms with Gasteiger partial charge in [-0.25, -0.2) is 0 Å². The van der Waals surface area contributed by atoms with Crippen molar-refractivity contribution in [1.29, 1.82) is 0 Å². The normalized spacial score (nSPS) is 30.5. The van der Waals surface area contributed by atoms with Crippen LogP contribution in [0.1, 0.15) is 30.6 Å². The maximum Gasteiger partial charge on any atom is 0.166 e. The lowest BCUT2D eigenvalue weighted by molar-refractivity contribution is 0.389. The van der Waals surface area contributed by atoms with Crippen LogP contribution in [0.4, 0.5) is 0 Å². The Labute approximate surface area is 112 Å². The number of fused-ring (bicyclic) bond motifs is 2. The van der Waals surface area contributed by atoms with Crippen molar-refractivity contribution in [2.75, 3.05) is 0 Å². The monoisotopic (exact) mass is 266 g/mol. The second kappa shape index (κ2) is 4.94. The van der Waals surface area contributed by atoms with E-state index in [0.29, 0.717) is 6.04 Å². The third-order valence-corrected chi connectivity index (χ3v) is 5.20. The van der Waals surface area contributed by atoms with E-state index in [1.807, 2.05) is 0 Å². The first-order valence-corrected chi connectivity index (χ1v) is 7.67. The molecule has 1 aromatic heterocycles. The zero-order valence-corrected chi connectivity index (χ0v) is 11.4. The largest absolute Gasteiger partial charge is 0.360 e. The quantitative estimate of drug-likeness (QED) is 0.823. The van der Waals surface area contributed by atoms with Crippen molar-refractivity contribution in [3.63, 3.8) is 0 Å². The minimum Gasteiger partial charge on any atom is -0.360 e. The van der Waals surface area contributed by atoms with E-state index >= 15 is 0 Å². The van der Waals surface area contributed by atoms with Gasteiger partial charge in [0, 0.05) is 10.9 Å². The van der Waals surface area contributed by atoms with Crippen LogP contribution >= 0.6 is 23.6 Å². The molecule has 92 valence electrons. The van der Waals surface area contributed by atoms with Gasteiger partial charge in [0.25, 0.3) is 0 Å². The number of hydrogen-bond acceptors (Lipinski definition) is 2. The summed E-state index contributed by atoms with van der Waals surface area (Å²) in [4.78, 5) is 1.34. The van der Waals surface area contributed by atoms with Crippen molar-refractivity contribution in [3.8, 4) is 0 Å². The molecular weight excluding hydrogens is 248 g/mol. The van der Waals surface area contributed by atoms with Gasteiger partial charge in [-0.3, -0.25) is 0 Å². The summed E-state index contributed by atoms with van der Waals surface area (Å²) in [6, 6.07) is 4.85. The van der Waals surface area contributed by atoms with Crippen LogP contribution in [0.5, 0.6) is 0 Å². The fourth-order valence-electron chi connectivity index (χ4n) is 3.22. The predicted molar refractivity (Wildman–Crippen MR) is 76.1 cm³/mol. The highest BCUT2D eigenvalue weighted by molar-refractivity contribution is 7.80. The van der Waals surface area contributed by atoms with Crippen molar-refractivity contribution < 1.29 is 0 Å². The second-order valence-electron chi connectivity index (χ2n) is 5.19. The fourth-order valence-corrected chi connectivity index (χ4v) is 4.09. The number of rotatable bonds is 3. The van der Waals surface area contributed by atoms with E-state index in [2.05, 4.69) is 28.1 Å². The average molecular weight is 266 g/mol. The fraction of sp³-hybridized carbons (Fsp3) is 0.615. The van der Waals surface area contributed by atoms with Crippen molar-refractivity contribution in [2.45, 2.75) is 38.3 Å². The van der Waals surface area contributed by atoms with E-state index in [4.69, 9.17) is 12.2 Å². The summed E-state index contributed by atoms with van der Waals surface area (Å²) in [7, 11) is 0. The van der Waals surface area contributed by atoms with E-state index < -0.39 is 0 Å². The van der Waals surface area contributed by atoms with Crippen LogP contribution < -0.4 is 10.6 Å². The highest BCUT2D eigenvalue weighted by atomic mass is 32.1. The van der Waals surface area contributed by atoms with Gasteiger partial charge in [-0.1, -0.05) is 12.5 Å². The van der Waals surface area contributed by atoms with Crippen LogP contribution in [-0.2, 0) is 6.54 Å². The Morgan fingerprint density at radius 1 is 1.41 bits per heavy atom. The Bertz CT molecular complexity index is 388. The van der Waals surface area contributed by atoms with Gasteiger partial charge in [0.2, 0.25) is 0 Å². The number of thiocarbonyl (C=S) groups is 1. The maximum atomic E-state index is 5.36. The highest BCUT2D eigenvalue weighted by Gasteiger charge is 2.39. The van der Waals surface area contributed by atoms with Gasteiger partial charge in [0.15, 0.2) is 5.11 Å². The minimum atomic E-state index is 0.636. The van der Waals surface area contributed by atoms with Gasteiger partial charge < -0.3 is 10.6 Å². The molecule has 3 rings (SSSR count). The molecule has 4 heteroatoms. The lowest BCUT2D eigenvalue weighted by Crippen LogP contribution is -2.43. The zero-order chi connectivity index (χ0) is 11.7. The molecule has 0 radical (unpaired) electrons. The third-order valence-electron chi connectivity index (χ3n) is 4.06. The molecule has 0 aromatic carbocycles. The summed E-state index contributed by atoms with van der Waals surface area (Å²) < 4.78 is 0. The molecule has 17 heavy (non-hydrogen) atoms. The first-order chi connectivity index (χ1) is 8.31. The summed E-state index contributed by atoms with van der Waals surface area (Å²) in [5.74, 6) is 1.85.